The highest BCUT2D eigenvalue weighted by Crippen LogP contribution is 2.25. The molecule has 0 atom stereocenters. The molecule has 3 heteroatoms. The van der Waals surface area contributed by atoms with Crippen molar-refractivity contribution in [1.82, 2.24) is 4.57 Å². The van der Waals surface area contributed by atoms with E-state index < -0.39 is 0 Å². The Kier molecular flexibility index (Phi) is 3.12. The molecule has 0 spiro atoms. The Morgan fingerprint density at radius 1 is 1.18 bits per heavy atom. The second kappa shape index (κ2) is 4.29. The van der Waals surface area contributed by atoms with Crippen LogP contribution in [0.1, 0.15) is 5.69 Å². The van der Waals surface area contributed by atoms with Crippen molar-refractivity contribution in [2.45, 2.75) is 6.92 Å². The Hall–Kier alpha value is -1.10. The third-order valence-corrected chi connectivity index (χ3v) is 3.41. The summed E-state index contributed by atoms with van der Waals surface area (Å²) in [5.41, 5.74) is 3.90. The van der Waals surface area contributed by atoms with E-state index in [9.17, 15) is 0 Å². The number of pyridine rings is 1. The first kappa shape index (κ1) is 12.4. The summed E-state index contributed by atoms with van der Waals surface area (Å²) in [6.07, 6.45) is 2.09. The summed E-state index contributed by atoms with van der Waals surface area (Å²) in [7, 11) is 4.22. The van der Waals surface area contributed by atoms with Crippen LogP contribution in [0.5, 0.6) is 0 Å². The molecule has 0 aliphatic carbocycles. The van der Waals surface area contributed by atoms with Crippen LogP contribution in [-0.2, 0) is 14.1 Å². The van der Waals surface area contributed by atoms with Gasteiger partial charge in [0.1, 0.15) is 7.05 Å². The fraction of sp³-hybridized carbons (Fsp3) is 0.214. The highest BCUT2D eigenvalue weighted by Gasteiger charge is 2.11. The van der Waals surface area contributed by atoms with Gasteiger partial charge in [-0.05, 0) is 25.1 Å². The number of benzene rings is 1. The first-order chi connectivity index (χ1) is 7.68. The molecule has 3 aromatic rings. The zero-order chi connectivity index (χ0) is 11.3. The molecule has 3 rings (SSSR count). The second-order valence-corrected chi connectivity index (χ2v) is 4.40. The lowest BCUT2D eigenvalue weighted by Crippen LogP contribution is -3.00. The van der Waals surface area contributed by atoms with E-state index in [0.29, 0.717) is 0 Å². The summed E-state index contributed by atoms with van der Waals surface area (Å²) in [4.78, 5) is 0. The number of hydrogen-bond donors (Lipinski definition) is 0. The Balaban J connectivity index is 0.00000108. The minimum atomic E-state index is 0. The van der Waals surface area contributed by atoms with Gasteiger partial charge in [-0.15, -0.1) is 0 Å². The molecule has 1 aromatic carbocycles. The van der Waals surface area contributed by atoms with Gasteiger partial charge in [-0.3, -0.25) is 0 Å². The van der Waals surface area contributed by atoms with Crippen molar-refractivity contribution < 1.29 is 28.5 Å². The molecule has 0 unspecified atom stereocenters. The number of aromatic nitrogens is 2. The van der Waals surface area contributed by atoms with Gasteiger partial charge >= 0.3 is 0 Å². The van der Waals surface area contributed by atoms with Crippen molar-refractivity contribution >= 4 is 21.8 Å². The van der Waals surface area contributed by atoms with Crippen LogP contribution in [0.15, 0.2) is 36.5 Å². The molecule has 0 N–H and O–H groups in total. The van der Waals surface area contributed by atoms with Gasteiger partial charge in [-0.1, -0.05) is 0 Å². The lowest BCUT2D eigenvalue weighted by Gasteiger charge is -2.02. The van der Waals surface area contributed by atoms with Crippen molar-refractivity contribution in [3.05, 3.63) is 42.2 Å². The molecule has 0 radical (unpaired) electrons. The average molecular weight is 338 g/mol. The van der Waals surface area contributed by atoms with Crippen LogP contribution in [0, 0.1) is 6.92 Å². The van der Waals surface area contributed by atoms with Crippen molar-refractivity contribution in [3.8, 4) is 0 Å². The van der Waals surface area contributed by atoms with Crippen molar-refractivity contribution in [1.29, 1.82) is 0 Å². The molecule has 2 heterocycles. The van der Waals surface area contributed by atoms with Crippen molar-refractivity contribution in [2.75, 3.05) is 0 Å². The van der Waals surface area contributed by atoms with E-state index >= 15 is 0 Å². The number of halogens is 1. The monoisotopic (exact) mass is 338 g/mol. The van der Waals surface area contributed by atoms with Crippen LogP contribution in [0.2, 0.25) is 0 Å². The van der Waals surface area contributed by atoms with Crippen LogP contribution in [0.3, 0.4) is 0 Å². The van der Waals surface area contributed by atoms with Crippen molar-refractivity contribution in [3.63, 3.8) is 0 Å². The maximum absolute atomic E-state index is 2.26. The zero-order valence-corrected chi connectivity index (χ0v) is 12.4. The van der Waals surface area contributed by atoms with Gasteiger partial charge in [-0.25, -0.2) is 4.57 Å². The minimum absolute atomic E-state index is 0. The van der Waals surface area contributed by atoms with Gasteiger partial charge in [0, 0.05) is 30.3 Å². The molecule has 0 amide bonds. The van der Waals surface area contributed by atoms with Crippen LogP contribution in [0.4, 0.5) is 0 Å². The predicted molar refractivity (Wildman–Crippen MR) is 66.3 cm³/mol. The van der Waals surface area contributed by atoms with Crippen LogP contribution >= 0.6 is 0 Å². The quantitative estimate of drug-likeness (QED) is 0.385. The lowest BCUT2D eigenvalue weighted by molar-refractivity contribution is -0.644. The van der Waals surface area contributed by atoms with E-state index in [1.54, 1.807) is 0 Å². The number of hydrogen-bond acceptors (Lipinski definition) is 0. The van der Waals surface area contributed by atoms with Gasteiger partial charge in [0.05, 0.1) is 10.9 Å². The molecule has 0 aliphatic rings. The largest absolute Gasteiger partial charge is 1.00 e. The topological polar surface area (TPSA) is 8.81 Å². The summed E-state index contributed by atoms with van der Waals surface area (Å²) < 4.78 is 4.43. The molecule has 2 aromatic heterocycles. The maximum atomic E-state index is 2.26. The number of fused-ring (bicyclic) bond motifs is 3. The molecule has 2 nitrogen and oxygen atoms in total. The Morgan fingerprint density at radius 2 is 1.94 bits per heavy atom. The van der Waals surface area contributed by atoms with Crippen molar-refractivity contribution in [2.24, 2.45) is 14.1 Å². The summed E-state index contributed by atoms with van der Waals surface area (Å²) in [6, 6.07) is 10.9. The molecule has 17 heavy (non-hydrogen) atoms. The minimum Gasteiger partial charge on any atom is -1.00 e. The van der Waals surface area contributed by atoms with E-state index in [2.05, 4.69) is 66.7 Å². The third-order valence-electron chi connectivity index (χ3n) is 3.41. The molecule has 0 saturated heterocycles. The van der Waals surface area contributed by atoms with E-state index in [-0.39, 0.29) is 24.0 Å². The molecular weight excluding hydrogens is 323 g/mol. The highest BCUT2D eigenvalue weighted by atomic mass is 127. The van der Waals surface area contributed by atoms with Crippen LogP contribution in [-0.4, -0.2) is 4.57 Å². The molecule has 88 valence electrons. The standard InChI is InChI=1S/C14H15N2.HI/c1-10-9-11-6-7-13-12(14(11)16(10)3)5-4-8-15(13)2;/h4-9H,1-3H3;1H/q+1;/p-1. The van der Waals surface area contributed by atoms with Crippen LogP contribution < -0.4 is 28.5 Å². The molecular formula is C14H15IN2. The Bertz CT molecular complexity index is 698. The van der Waals surface area contributed by atoms with Gasteiger partial charge in [-0.2, -0.15) is 0 Å². The summed E-state index contributed by atoms with van der Waals surface area (Å²) in [5, 5.41) is 2.64. The highest BCUT2D eigenvalue weighted by molar-refractivity contribution is 6.03. The first-order valence-corrected chi connectivity index (χ1v) is 5.52. The first-order valence-electron chi connectivity index (χ1n) is 5.52. The molecule has 0 saturated carbocycles. The Labute approximate surface area is 118 Å². The molecule has 0 bridgehead atoms. The molecule has 0 aliphatic heterocycles. The fourth-order valence-corrected chi connectivity index (χ4v) is 2.42. The van der Waals surface area contributed by atoms with Gasteiger partial charge in [0.2, 0.25) is 5.52 Å². The predicted octanol–water partition coefficient (Wildman–Crippen LogP) is -0.532. The number of rotatable bonds is 0. The van der Waals surface area contributed by atoms with Gasteiger partial charge in [0.15, 0.2) is 6.20 Å². The number of nitrogens with zero attached hydrogens (tertiary/aromatic N) is 2. The van der Waals surface area contributed by atoms with E-state index in [1.165, 1.54) is 27.5 Å². The second-order valence-electron chi connectivity index (χ2n) is 4.40. The zero-order valence-electron chi connectivity index (χ0n) is 10.2. The number of aryl methyl sites for hydroxylation is 3. The van der Waals surface area contributed by atoms with E-state index in [4.69, 9.17) is 0 Å². The summed E-state index contributed by atoms with van der Waals surface area (Å²) >= 11 is 0. The van der Waals surface area contributed by atoms with E-state index in [1.807, 2.05) is 0 Å². The third kappa shape index (κ3) is 1.73. The molecule has 0 fully saturated rings. The Morgan fingerprint density at radius 3 is 2.71 bits per heavy atom. The maximum Gasteiger partial charge on any atom is 0.214 e. The normalized spacial score (nSPS) is 10.8. The average Bonchev–Trinajstić information content (AvgIpc) is 2.56. The summed E-state index contributed by atoms with van der Waals surface area (Å²) in [6.45, 7) is 2.15. The van der Waals surface area contributed by atoms with Crippen LogP contribution in [0.25, 0.3) is 21.8 Å². The summed E-state index contributed by atoms with van der Waals surface area (Å²) in [5.74, 6) is 0. The fourth-order valence-electron chi connectivity index (χ4n) is 2.42. The SMILES string of the molecule is Cc1cc2ccc3c(ccc[n+]3C)c2n1C.[I-]. The lowest BCUT2D eigenvalue weighted by atomic mass is 10.1. The van der Waals surface area contributed by atoms with Gasteiger partial charge in [0.25, 0.3) is 0 Å². The smallest absolute Gasteiger partial charge is 0.214 e. The van der Waals surface area contributed by atoms with E-state index in [0.717, 1.165) is 0 Å². The van der Waals surface area contributed by atoms with Gasteiger partial charge < -0.3 is 28.5 Å².